The molecule has 1 saturated heterocycles. The van der Waals surface area contributed by atoms with E-state index in [0.717, 1.165) is 5.82 Å². The van der Waals surface area contributed by atoms with Gasteiger partial charge in [-0.2, -0.15) is 0 Å². The van der Waals surface area contributed by atoms with Crippen LogP contribution in [0.1, 0.15) is 40.0 Å². The maximum Gasteiger partial charge on any atom is 0.251 e. The lowest BCUT2D eigenvalue weighted by Gasteiger charge is -2.44. The maximum absolute atomic E-state index is 13.6. The lowest BCUT2D eigenvalue weighted by molar-refractivity contribution is 0.0228. The molecule has 1 aromatic carbocycles. The lowest BCUT2D eigenvalue weighted by Crippen LogP contribution is -2.51. The second-order valence-corrected chi connectivity index (χ2v) is 6.99. The highest BCUT2D eigenvalue weighted by Gasteiger charge is 2.43. The van der Waals surface area contributed by atoms with E-state index in [-0.39, 0.29) is 11.7 Å². The summed E-state index contributed by atoms with van der Waals surface area (Å²) in [5.41, 5.74) is 0.396. The number of pyridine rings is 1. The fourth-order valence-electron chi connectivity index (χ4n) is 3.77. The van der Waals surface area contributed by atoms with Crippen LogP contribution in [0.4, 0.5) is 10.2 Å². The Morgan fingerprint density at radius 1 is 1.26 bits per heavy atom. The number of piperidine rings is 1. The summed E-state index contributed by atoms with van der Waals surface area (Å²) in [7, 11) is 1.59. The predicted octanol–water partition coefficient (Wildman–Crippen LogP) is 2.58. The minimum atomic E-state index is -0.604. The topological polar surface area (TPSA) is 71.5 Å². The van der Waals surface area contributed by atoms with E-state index in [9.17, 15) is 14.0 Å². The van der Waals surface area contributed by atoms with Crippen LogP contribution >= 0.6 is 0 Å². The van der Waals surface area contributed by atoms with Crippen molar-refractivity contribution in [1.29, 1.82) is 0 Å². The molecule has 2 aliphatic rings. The number of aromatic nitrogens is 1. The Morgan fingerprint density at radius 3 is 2.78 bits per heavy atom. The van der Waals surface area contributed by atoms with Gasteiger partial charge in [-0.3, -0.25) is 9.59 Å². The third-order valence-corrected chi connectivity index (χ3v) is 5.29. The molecule has 2 aromatic rings. The highest BCUT2D eigenvalue weighted by atomic mass is 19.1. The van der Waals surface area contributed by atoms with E-state index in [1.54, 1.807) is 25.4 Å². The number of Topliss-reactive ketones (excluding diaryl/α,β-unsaturated/α-hetero) is 1. The molecular formula is C20H20FN3O3. The molecular weight excluding hydrogens is 349 g/mol. The Hall–Kier alpha value is -2.96. The van der Waals surface area contributed by atoms with Crippen molar-refractivity contribution in [2.45, 2.75) is 24.9 Å². The van der Waals surface area contributed by atoms with Crippen LogP contribution in [0.15, 0.2) is 36.5 Å². The van der Waals surface area contributed by atoms with Crippen LogP contribution < -0.4 is 15.0 Å². The molecule has 0 atom stereocenters. The number of hydrogen-bond donors (Lipinski definition) is 1. The van der Waals surface area contributed by atoms with Crippen LogP contribution in [0.3, 0.4) is 0 Å². The Kier molecular flexibility index (Phi) is 4.30. The van der Waals surface area contributed by atoms with Gasteiger partial charge in [0.15, 0.2) is 5.78 Å². The van der Waals surface area contributed by atoms with Gasteiger partial charge in [0.25, 0.3) is 5.91 Å². The predicted molar refractivity (Wildman–Crippen MR) is 97.8 cm³/mol. The molecule has 1 amide bonds. The van der Waals surface area contributed by atoms with Crippen LogP contribution in [0.25, 0.3) is 0 Å². The summed E-state index contributed by atoms with van der Waals surface area (Å²) in [6.45, 7) is 1.28. The van der Waals surface area contributed by atoms with Crippen molar-refractivity contribution in [2.75, 3.05) is 25.0 Å². The molecule has 0 bridgehead atoms. The van der Waals surface area contributed by atoms with Gasteiger partial charge in [-0.1, -0.05) is 0 Å². The Bertz CT molecular complexity index is 907. The van der Waals surface area contributed by atoms with E-state index in [4.69, 9.17) is 4.74 Å². The molecule has 140 valence electrons. The molecule has 6 nitrogen and oxygen atoms in total. The zero-order chi connectivity index (χ0) is 19.0. The maximum atomic E-state index is 13.6. The molecule has 27 heavy (non-hydrogen) atoms. The zero-order valence-electron chi connectivity index (χ0n) is 15.0. The molecule has 1 aromatic heterocycles. The van der Waals surface area contributed by atoms with E-state index in [0.29, 0.717) is 49.2 Å². The van der Waals surface area contributed by atoms with Crippen molar-refractivity contribution < 1.29 is 18.7 Å². The number of nitrogens with one attached hydrogen (secondary N) is 1. The molecule has 1 fully saturated rings. The van der Waals surface area contributed by atoms with E-state index in [2.05, 4.69) is 15.2 Å². The first-order chi connectivity index (χ1) is 13.0. The summed E-state index contributed by atoms with van der Waals surface area (Å²) < 4.78 is 19.7. The number of ketones is 1. The van der Waals surface area contributed by atoms with Gasteiger partial charge in [0.05, 0.1) is 12.0 Å². The van der Waals surface area contributed by atoms with Crippen molar-refractivity contribution in [3.8, 4) is 5.75 Å². The van der Waals surface area contributed by atoms with Gasteiger partial charge >= 0.3 is 0 Å². The third kappa shape index (κ3) is 3.25. The normalized spacial score (nSPS) is 18.0. The number of nitrogens with zero attached hydrogens (tertiary/aromatic N) is 2. The smallest absolute Gasteiger partial charge is 0.251 e. The van der Waals surface area contributed by atoms with Gasteiger partial charge in [-0.15, -0.1) is 0 Å². The quantitative estimate of drug-likeness (QED) is 0.881. The molecule has 0 saturated carbocycles. The van der Waals surface area contributed by atoms with Gasteiger partial charge in [0, 0.05) is 50.8 Å². The van der Waals surface area contributed by atoms with Gasteiger partial charge < -0.3 is 15.0 Å². The average Bonchev–Trinajstić information content (AvgIpc) is 2.67. The molecule has 0 unspecified atom stereocenters. The monoisotopic (exact) mass is 369 g/mol. The van der Waals surface area contributed by atoms with Crippen molar-refractivity contribution in [1.82, 2.24) is 10.3 Å². The number of ether oxygens (including phenoxy) is 1. The minimum absolute atomic E-state index is 0.00978. The number of halogens is 1. The number of carbonyl (C=O) groups excluding carboxylic acids is 2. The van der Waals surface area contributed by atoms with Crippen LogP contribution in [0.5, 0.6) is 5.75 Å². The summed E-state index contributed by atoms with van der Waals surface area (Å²) in [6, 6.07) is 7.49. The van der Waals surface area contributed by atoms with E-state index in [1.165, 1.54) is 18.2 Å². The highest BCUT2D eigenvalue weighted by Crippen LogP contribution is 2.40. The fraction of sp³-hybridized carbons (Fsp3) is 0.350. The SMILES string of the molecule is CNC(=O)c1ccnc(N2CCC3(CC2)CC(=O)c2ccc(F)cc2O3)c1. The molecule has 2 aliphatic heterocycles. The lowest BCUT2D eigenvalue weighted by atomic mass is 9.82. The van der Waals surface area contributed by atoms with E-state index < -0.39 is 11.4 Å². The largest absolute Gasteiger partial charge is 0.486 e. The van der Waals surface area contributed by atoms with Crippen molar-refractivity contribution in [2.24, 2.45) is 0 Å². The first-order valence-electron chi connectivity index (χ1n) is 8.94. The van der Waals surface area contributed by atoms with E-state index in [1.807, 2.05) is 0 Å². The summed E-state index contributed by atoms with van der Waals surface area (Å²) in [5, 5.41) is 2.60. The molecule has 4 rings (SSSR count). The van der Waals surface area contributed by atoms with Crippen molar-refractivity contribution in [3.05, 3.63) is 53.5 Å². The molecule has 1 spiro atoms. The summed E-state index contributed by atoms with van der Waals surface area (Å²) in [6.07, 6.45) is 3.16. The number of rotatable bonds is 2. The van der Waals surface area contributed by atoms with Gasteiger partial charge in [0.1, 0.15) is 23.0 Å². The number of carbonyl (C=O) groups is 2. The number of amides is 1. The molecule has 0 radical (unpaired) electrons. The van der Waals surface area contributed by atoms with Crippen LogP contribution in [-0.2, 0) is 0 Å². The van der Waals surface area contributed by atoms with Crippen molar-refractivity contribution in [3.63, 3.8) is 0 Å². The Balaban J connectivity index is 1.51. The highest BCUT2D eigenvalue weighted by molar-refractivity contribution is 6.00. The number of fused-ring (bicyclic) bond motifs is 1. The molecule has 3 heterocycles. The number of hydrogen-bond acceptors (Lipinski definition) is 5. The average molecular weight is 369 g/mol. The number of benzene rings is 1. The first kappa shape index (κ1) is 17.5. The fourth-order valence-corrected chi connectivity index (χ4v) is 3.77. The van der Waals surface area contributed by atoms with Crippen LogP contribution in [-0.4, -0.2) is 42.4 Å². The summed E-state index contributed by atoms with van der Waals surface area (Å²) in [4.78, 5) is 30.8. The second-order valence-electron chi connectivity index (χ2n) is 6.99. The molecule has 1 N–H and O–H groups in total. The Labute approximate surface area is 156 Å². The standard InChI is InChI=1S/C20H20FN3O3/c1-22-19(26)13-4-7-23-18(10-13)24-8-5-20(6-9-24)12-16(25)15-3-2-14(21)11-17(15)27-20/h2-4,7,10-11H,5-6,8-9,12H2,1H3,(H,22,26). The third-order valence-electron chi connectivity index (χ3n) is 5.29. The summed E-state index contributed by atoms with van der Waals surface area (Å²) in [5.74, 6) is 0.474. The summed E-state index contributed by atoms with van der Waals surface area (Å²) >= 11 is 0. The van der Waals surface area contributed by atoms with Gasteiger partial charge in [-0.05, 0) is 24.3 Å². The van der Waals surface area contributed by atoms with Gasteiger partial charge in [0.2, 0.25) is 0 Å². The minimum Gasteiger partial charge on any atom is -0.486 e. The molecule has 0 aliphatic carbocycles. The van der Waals surface area contributed by atoms with E-state index >= 15 is 0 Å². The molecule has 7 heteroatoms. The van der Waals surface area contributed by atoms with Crippen LogP contribution in [0, 0.1) is 5.82 Å². The first-order valence-corrected chi connectivity index (χ1v) is 8.94. The van der Waals surface area contributed by atoms with Gasteiger partial charge in [-0.25, -0.2) is 9.37 Å². The zero-order valence-corrected chi connectivity index (χ0v) is 15.0. The van der Waals surface area contributed by atoms with Crippen LogP contribution in [0.2, 0.25) is 0 Å². The van der Waals surface area contributed by atoms with Crippen molar-refractivity contribution >= 4 is 17.5 Å². The second kappa shape index (κ2) is 6.64. The number of anilines is 1. The Morgan fingerprint density at radius 2 is 2.04 bits per heavy atom.